The molecule has 0 saturated carbocycles. The first-order chi connectivity index (χ1) is 20.1. The van der Waals surface area contributed by atoms with Crippen LogP contribution in [0.25, 0.3) is 0 Å². The molecule has 0 aliphatic carbocycles. The predicted octanol–water partition coefficient (Wildman–Crippen LogP) is 4.55. The molecule has 0 bridgehead atoms. The molecule has 1 fully saturated rings. The first-order valence-electron chi connectivity index (χ1n) is 14.6. The van der Waals surface area contributed by atoms with Gasteiger partial charge in [0, 0.05) is 37.2 Å². The normalized spacial score (nSPS) is 17.7. The Kier molecular flexibility index (Phi) is 9.31. The standard InChI is InChI=1S/C30H43N7O6/c1-18(2)15-37(20-12-19(23-34-27(39)43-35-23)16-36(17-20)28(40)42-30(6,7)8)25(38)22-14-32-26(29(3,4)5)33-24(22)31-13-21-10-9-11-41-21/h9-11,14,18-20H,12-13,15-17H2,1-8H3,(H,31,32,33)(H,34,35,39). The van der Waals surface area contributed by atoms with E-state index in [0.29, 0.717) is 48.3 Å². The van der Waals surface area contributed by atoms with Crippen LogP contribution in [0.2, 0.25) is 0 Å². The summed E-state index contributed by atoms with van der Waals surface area (Å²) in [5.41, 5.74) is -0.754. The average Bonchev–Trinajstić information content (AvgIpc) is 3.60. The lowest BCUT2D eigenvalue weighted by molar-refractivity contribution is 0.00594. The molecule has 0 radical (unpaired) electrons. The second-order valence-electron chi connectivity index (χ2n) is 13.4. The maximum atomic E-state index is 14.4. The van der Waals surface area contributed by atoms with Crippen LogP contribution >= 0.6 is 0 Å². The maximum absolute atomic E-state index is 14.4. The minimum Gasteiger partial charge on any atom is -0.467 e. The molecule has 0 spiro atoms. The number of carbonyl (C=O) groups is 2. The van der Waals surface area contributed by atoms with Crippen molar-refractivity contribution in [2.24, 2.45) is 5.92 Å². The summed E-state index contributed by atoms with van der Waals surface area (Å²) in [7, 11) is 0. The first-order valence-corrected chi connectivity index (χ1v) is 14.6. The van der Waals surface area contributed by atoms with Crippen LogP contribution in [0.5, 0.6) is 0 Å². The summed E-state index contributed by atoms with van der Waals surface area (Å²) in [6.07, 6.45) is 3.08. The Morgan fingerprint density at radius 1 is 1.21 bits per heavy atom. The highest BCUT2D eigenvalue weighted by molar-refractivity contribution is 5.98. The van der Waals surface area contributed by atoms with Gasteiger partial charge in [0.25, 0.3) is 5.91 Å². The molecule has 3 aromatic heterocycles. The number of nitrogens with one attached hydrogen (secondary N) is 2. The van der Waals surface area contributed by atoms with E-state index in [2.05, 4.69) is 20.4 Å². The number of nitrogens with zero attached hydrogens (tertiary/aromatic N) is 5. The van der Waals surface area contributed by atoms with Crippen molar-refractivity contribution in [3.05, 3.63) is 58.1 Å². The van der Waals surface area contributed by atoms with E-state index in [9.17, 15) is 14.4 Å². The van der Waals surface area contributed by atoms with Gasteiger partial charge in [-0.2, -0.15) is 0 Å². The van der Waals surface area contributed by atoms with Crippen LogP contribution in [0.3, 0.4) is 0 Å². The van der Waals surface area contributed by atoms with Crippen LogP contribution in [0.1, 0.15) is 95.5 Å². The Morgan fingerprint density at radius 3 is 2.53 bits per heavy atom. The van der Waals surface area contributed by atoms with Gasteiger partial charge in [-0.3, -0.25) is 14.3 Å². The van der Waals surface area contributed by atoms with Gasteiger partial charge < -0.3 is 24.3 Å². The van der Waals surface area contributed by atoms with Gasteiger partial charge >= 0.3 is 11.8 Å². The number of amides is 2. The quantitative estimate of drug-likeness (QED) is 0.377. The molecule has 1 aliphatic heterocycles. The number of aromatic nitrogens is 4. The molecule has 4 heterocycles. The van der Waals surface area contributed by atoms with E-state index in [1.165, 1.54) is 0 Å². The molecule has 4 rings (SSSR count). The van der Waals surface area contributed by atoms with Gasteiger partial charge in [0.05, 0.1) is 18.8 Å². The van der Waals surface area contributed by atoms with E-state index in [4.69, 9.17) is 18.7 Å². The number of furan rings is 1. The highest BCUT2D eigenvalue weighted by Crippen LogP contribution is 2.31. The lowest BCUT2D eigenvalue weighted by Gasteiger charge is -2.43. The zero-order chi connectivity index (χ0) is 31.5. The number of aromatic amines is 1. The van der Waals surface area contributed by atoms with Crippen molar-refractivity contribution < 1.29 is 23.3 Å². The third kappa shape index (κ3) is 8.23. The Morgan fingerprint density at radius 2 is 1.95 bits per heavy atom. The number of carbonyl (C=O) groups excluding carboxylic acids is 2. The van der Waals surface area contributed by atoms with E-state index in [-0.39, 0.29) is 30.3 Å². The van der Waals surface area contributed by atoms with Gasteiger partial charge in [-0.25, -0.2) is 19.6 Å². The molecule has 13 nitrogen and oxygen atoms in total. The Bertz CT molecular complexity index is 1450. The largest absolute Gasteiger partial charge is 0.467 e. The fourth-order valence-electron chi connectivity index (χ4n) is 4.95. The molecule has 1 aliphatic rings. The topological polar surface area (TPSA) is 160 Å². The van der Waals surface area contributed by atoms with E-state index >= 15 is 0 Å². The van der Waals surface area contributed by atoms with Crippen molar-refractivity contribution >= 4 is 17.8 Å². The summed E-state index contributed by atoms with van der Waals surface area (Å²) in [5.74, 6) is 0.755. The third-order valence-electron chi connectivity index (χ3n) is 6.89. The average molecular weight is 598 g/mol. The van der Waals surface area contributed by atoms with Crippen LogP contribution < -0.4 is 11.1 Å². The zero-order valence-corrected chi connectivity index (χ0v) is 26.3. The van der Waals surface area contributed by atoms with Crippen molar-refractivity contribution in [2.45, 2.75) is 91.3 Å². The van der Waals surface area contributed by atoms with Crippen molar-refractivity contribution in [1.82, 2.24) is 29.9 Å². The molecule has 2 unspecified atom stereocenters. The van der Waals surface area contributed by atoms with E-state index in [0.717, 1.165) is 0 Å². The number of piperidine rings is 1. The van der Waals surface area contributed by atoms with Crippen molar-refractivity contribution in [3.63, 3.8) is 0 Å². The molecular weight excluding hydrogens is 554 g/mol. The van der Waals surface area contributed by atoms with Crippen LogP contribution in [-0.4, -0.2) is 73.2 Å². The maximum Gasteiger partial charge on any atom is 0.438 e. The number of hydrogen-bond acceptors (Lipinski definition) is 10. The summed E-state index contributed by atoms with van der Waals surface area (Å²) in [6.45, 7) is 16.7. The third-order valence-corrected chi connectivity index (χ3v) is 6.89. The van der Waals surface area contributed by atoms with E-state index in [1.54, 1.807) is 49.1 Å². The molecular formula is C30H43N7O6. The smallest absolute Gasteiger partial charge is 0.438 e. The summed E-state index contributed by atoms with van der Waals surface area (Å²) in [6, 6.07) is 3.21. The molecule has 13 heteroatoms. The predicted molar refractivity (Wildman–Crippen MR) is 159 cm³/mol. The van der Waals surface area contributed by atoms with Crippen molar-refractivity contribution in [2.75, 3.05) is 25.0 Å². The summed E-state index contributed by atoms with van der Waals surface area (Å²) in [5, 5.41) is 7.17. The molecule has 0 aromatic carbocycles. The minimum atomic E-state index is -0.712. The van der Waals surface area contributed by atoms with Gasteiger partial charge in [0.1, 0.15) is 28.6 Å². The number of H-pyrrole nitrogens is 1. The molecule has 2 amide bonds. The summed E-state index contributed by atoms with van der Waals surface area (Å²) >= 11 is 0. The van der Waals surface area contributed by atoms with Gasteiger partial charge in [0.2, 0.25) is 0 Å². The molecule has 2 atom stereocenters. The summed E-state index contributed by atoms with van der Waals surface area (Å²) < 4.78 is 15.9. The number of anilines is 1. The Labute approximate surface area is 251 Å². The van der Waals surface area contributed by atoms with Crippen molar-refractivity contribution in [3.8, 4) is 0 Å². The molecule has 2 N–H and O–H groups in total. The zero-order valence-electron chi connectivity index (χ0n) is 26.3. The number of rotatable bonds is 8. The van der Waals surface area contributed by atoms with Gasteiger partial charge in [-0.15, -0.1) is 0 Å². The van der Waals surface area contributed by atoms with Crippen LogP contribution in [-0.2, 0) is 16.7 Å². The number of likely N-dealkylation sites (tertiary alicyclic amines) is 1. The van der Waals surface area contributed by atoms with Gasteiger partial charge in [0.15, 0.2) is 5.82 Å². The van der Waals surface area contributed by atoms with Crippen LogP contribution in [0, 0.1) is 5.92 Å². The van der Waals surface area contributed by atoms with Crippen molar-refractivity contribution in [1.29, 1.82) is 0 Å². The number of hydrogen-bond donors (Lipinski definition) is 2. The van der Waals surface area contributed by atoms with E-state index in [1.807, 2.05) is 40.7 Å². The lowest BCUT2D eigenvalue weighted by Crippen LogP contribution is -2.55. The second kappa shape index (κ2) is 12.6. The first kappa shape index (κ1) is 31.8. The molecule has 43 heavy (non-hydrogen) atoms. The van der Waals surface area contributed by atoms with Crippen LogP contribution in [0.15, 0.2) is 38.3 Å². The second-order valence-corrected chi connectivity index (χ2v) is 13.4. The van der Waals surface area contributed by atoms with Gasteiger partial charge in [-0.05, 0) is 45.2 Å². The van der Waals surface area contributed by atoms with Gasteiger partial charge in [-0.1, -0.05) is 39.8 Å². The fourth-order valence-corrected chi connectivity index (χ4v) is 4.95. The van der Waals surface area contributed by atoms with E-state index < -0.39 is 29.4 Å². The Balaban J connectivity index is 1.71. The molecule has 234 valence electrons. The molecule has 1 saturated heterocycles. The Hall–Kier alpha value is -4.16. The summed E-state index contributed by atoms with van der Waals surface area (Å²) in [4.78, 5) is 54.7. The van der Waals surface area contributed by atoms with Crippen LogP contribution in [0.4, 0.5) is 10.6 Å². The fraction of sp³-hybridized carbons (Fsp3) is 0.600. The monoisotopic (exact) mass is 597 g/mol. The number of ether oxygens (including phenoxy) is 1. The highest BCUT2D eigenvalue weighted by Gasteiger charge is 2.40. The molecule has 3 aromatic rings. The SMILES string of the molecule is CC(C)CN(C(=O)c1cnc(C(C)(C)C)nc1NCc1ccco1)C1CC(c2noc(=O)[nH]2)CN(C(=O)OC(C)(C)C)C1. The minimum absolute atomic E-state index is 0.112. The lowest BCUT2D eigenvalue weighted by atomic mass is 9.91. The highest BCUT2D eigenvalue weighted by atomic mass is 16.6.